The highest BCUT2D eigenvalue weighted by Crippen LogP contribution is 2.26. The number of guanidine groups is 1. The molecular weight excluding hydrogens is 310 g/mol. The van der Waals surface area contributed by atoms with E-state index in [1.807, 2.05) is 48.5 Å². The molecule has 0 amide bonds. The third-order valence-corrected chi connectivity index (χ3v) is 3.83. The van der Waals surface area contributed by atoms with Crippen LogP contribution in [-0.2, 0) is 5.41 Å². The molecule has 2 aromatic carbocycles. The van der Waals surface area contributed by atoms with E-state index in [4.69, 9.17) is 22.1 Å². The van der Waals surface area contributed by atoms with Crippen LogP contribution in [-0.4, -0.2) is 19.6 Å². The van der Waals surface area contributed by atoms with Crippen LogP contribution in [0.3, 0.4) is 0 Å². The van der Waals surface area contributed by atoms with Crippen molar-refractivity contribution in [2.24, 2.45) is 10.7 Å². The Morgan fingerprint density at radius 1 is 1.22 bits per heavy atom. The van der Waals surface area contributed by atoms with Crippen LogP contribution >= 0.6 is 11.6 Å². The maximum atomic E-state index is 6.06. The van der Waals surface area contributed by atoms with Gasteiger partial charge in [0.2, 0.25) is 0 Å². The molecule has 122 valence electrons. The molecule has 0 fully saturated rings. The Hall–Kier alpha value is -2.20. The minimum absolute atomic E-state index is 0.161. The lowest BCUT2D eigenvalue weighted by Crippen LogP contribution is -2.27. The van der Waals surface area contributed by atoms with Crippen molar-refractivity contribution in [3.8, 4) is 5.75 Å². The Labute approximate surface area is 142 Å². The molecule has 2 rings (SSSR count). The van der Waals surface area contributed by atoms with Gasteiger partial charge in [0.25, 0.3) is 0 Å². The highest BCUT2D eigenvalue weighted by molar-refractivity contribution is 6.30. The lowest BCUT2D eigenvalue weighted by molar-refractivity contribution is 0.415. The van der Waals surface area contributed by atoms with Crippen LogP contribution in [0.5, 0.6) is 5.75 Å². The summed E-state index contributed by atoms with van der Waals surface area (Å²) in [7, 11) is 1.63. The lowest BCUT2D eigenvalue weighted by Gasteiger charge is -2.23. The molecule has 0 unspecified atom stereocenters. The molecule has 5 heteroatoms. The maximum absolute atomic E-state index is 6.06. The monoisotopic (exact) mass is 331 g/mol. The number of rotatable bonds is 5. The first kappa shape index (κ1) is 17.2. The van der Waals surface area contributed by atoms with Gasteiger partial charge in [0, 0.05) is 22.2 Å². The molecule has 2 aromatic rings. The summed E-state index contributed by atoms with van der Waals surface area (Å²) in [5, 5.41) is 3.80. The zero-order valence-electron chi connectivity index (χ0n) is 13.6. The van der Waals surface area contributed by atoms with Crippen LogP contribution in [0.25, 0.3) is 0 Å². The van der Waals surface area contributed by atoms with Crippen molar-refractivity contribution < 1.29 is 4.74 Å². The summed E-state index contributed by atoms with van der Waals surface area (Å²) in [6, 6.07) is 15.4. The topological polar surface area (TPSA) is 59.6 Å². The lowest BCUT2D eigenvalue weighted by atomic mass is 9.85. The fourth-order valence-corrected chi connectivity index (χ4v) is 2.36. The number of nitrogens with two attached hydrogens (primary N) is 1. The van der Waals surface area contributed by atoms with Gasteiger partial charge in [-0.1, -0.05) is 43.6 Å². The number of halogens is 1. The predicted molar refractivity (Wildman–Crippen MR) is 97.6 cm³/mol. The van der Waals surface area contributed by atoms with Gasteiger partial charge in [-0.3, -0.25) is 4.99 Å². The van der Waals surface area contributed by atoms with Crippen molar-refractivity contribution in [1.29, 1.82) is 0 Å². The van der Waals surface area contributed by atoms with Crippen LogP contribution in [0.2, 0.25) is 5.02 Å². The molecule has 0 saturated heterocycles. The third-order valence-electron chi connectivity index (χ3n) is 3.59. The summed E-state index contributed by atoms with van der Waals surface area (Å²) in [4.78, 5) is 4.45. The molecule has 0 bridgehead atoms. The van der Waals surface area contributed by atoms with Crippen LogP contribution < -0.4 is 15.8 Å². The number of aliphatic imine (C=N–C) groups is 1. The Bertz CT molecular complexity index is 698. The van der Waals surface area contributed by atoms with Crippen LogP contribution in [0.15, 0.2) is 53.5 Å². The number of ether oxygens (including phenoxy) is 1. The van der Waals surface area contributed by atoms with E-state index in [1.165, 1.54) is 0 Å². The Kier molecular flexibility index (Phi) is 5.50. The van der Waals surface area contributed by atoms with Crippen molar-refractivity contribution in [3.05, 3.63) is 59.1 Å². The number of hydrogen-bond donors (Lipinski definition) is 2. The highest BCUT2D eigenvalue weighted by atomic mass is 35.5. The summed E-state index contributed by atoms with van der Waals surface area (Å²) in [6.45, 7) is 4.78. The molecule has 23 heavy (non-hydrogen) atoms. The van der Waals surface area contributed by atoms with E-state index in [9.17, 15) is 0 Å². The van der Waals surface area contributed by atoms with Gasteiger partial charge >= 0.3 is 0 Å². The number of anilines is 1. The Balaban J connectivity index is 2.06. The van der Waals surface area contributed by atoms with Gasteiger partial charge in [0.15, 0.2) is 5.96 Å². The molecule has 0 aliphatic rings. The summed E-state index contributed by atoms with van der Waals surface area (Å²) in [5.41, 5.74) is 7.79. The van der Waals surface area contributed by atoms with Gasteiger partial charge < -0.3 is 15.8 Å². The first-order chi connectivity index (χ1) is 10.9. The van der Waals surface area contributed by atoms with E-state index in [1.54, 1.807) is 7.11 Å². The number of methoxy groups -OCH3 is 1. The van der Waals surface area contributed by atoms with E-state index < -0.39 is 0 Å². The average molecular weight is 332 g/mol. The molecule has 0 atom stereocenters. The zero-order chi connectivity index (χ0) is 16.9. The van der Waals surface area contributed by atoms with Crippen molar-refractivity contribution in [2.45, 2.75) is 19.3 Å². The average Bonchev–Trinajstić information content (AvgIpc) is 2.53. The molecule has 0 spiro atoms. The van der Waals surface area contributed by atoms with Gasteiger partial charge in [-0.15, -0.1) is 0 Å². The molecular formula is C18H22ClN3O. The quantitative estimate of drug-likeness (QED) is 0.641. The third kappa shape index (κ3) is 4.89. The SMILES string of the molecule is COc1cccc(NC(N)=NCC(C)(C)c2cccc(Cl)c2)c1. The normalized spacial score (nSPS) is 12.1. The van der Waals surface area contributed by atoms with Crippen molar-refractivity contribution in [1.82, 2.24) is 0 Å². The van der Waals surface area contributed by atoms with Crippen LogP contribution in [0.1, 0.15) is 19.4 Å². The standard InChI is InChI=1S/C18H22ClN3O/c1-18(2,13-6-4-7-14(19)10-13)12-21-17(20)22-15-8-5-9-16(11-15)23-3/h4-11H,12H2,1-3H3,(H3,20,21,22). The predicted octanol–water partition coefficient (Wildman–Crippen LogP) is 4.05. The molecule has 0 aromatic heterocycles. The summed E-state index contributed by atoms with van der Waals surface area (Å²) in [5.74, 6) is 1.13. The second kappa shape index (κ2) is 7.38. The van der Waals surface area contributed by atoms with Gasteiger partial charge in [-0.25, -0.2) is 0 Å². The fourth-order valence-electron chi connectivity index (χ4n) is 2.17. The number of benzene rings is 2. The van der Waals surface area contributed by atoms with Gasteiger partial charge in [0.05, 0.1) is 13.7 Å². The largest absolute Gasteiger partial charge is 0.497 e. The van der Waals surface area contributed by atoms with E-state index in [-0.39, 0.29) is 5.41 Å². The molecule has 0 heterocycles. The number of nitrogens with one attached hydrogen (secondary N) is 1. The van der Waals surface area contributed by atoms with Crippen LogP contribution in [0.4, 0.5) is 5.69 Å². The summed E-state index contributed by atoms with van der Waals surface area (Å²) >= 11 is 6.06. The molecule has 0 radical (unpaired) electrons. The Morgan fingerprint density at radius 3 is 2.65 bits per heavy atom. The van der Waals surface area contributed by atoms with Gasteiger partial charge in [0.1, 0.15) is 5.75 Å². The summed E-state index contributed by atoms with van der Waals surface area (Å²) < 4.78 is 5.19. The maximum Gasteiger partial charge on any atom is 0.193 e. The highest BCUT2D eigenvalue weighted by Gasteiger charge is 2.20. The van der Waals surface area contributed by atoms with E-state index in [0.717, 1.165) is 22.0 Å². The first-order valence-electron chi connectivity index (χ1n) is 7.38. The van der Waals surface area contributed by atoms with Crippen molar-refractivity contribution >= 4 is 23.2 Å². The second-order valence-corrected chi connectivity index (χ2v) is 6.39. The fraction of sp³-hybridized carbons (Fsp3) is 0.278. The Morgan fingerprint density at radius 2 is 1.96 bits per heavy atom. The second-order valence-electron chi connectivity index (χ2n) is 5.95. The molecule has 0 aliphatic heterocycles. The van der Waals surface area contributed by atoms with Crippen LogP contribution in [0, 0.1) is 0 Å². The summed E-state index contributed by atoms with van der Waals surface area (Å²) in [6.07, 6.45) is 0. The number of nitrogens with zero attached hydrogens (tertiary/aromatic N) is 1. The van der Waals surface area contributed by atoms with E-state index in [0.29, 0.717) is 12.5 Å². The minimum Gasteiger partial charge on any atom is -0.497 e. The van der Waals surface area contributed by atoms with Crippen molar-refractivity contribution in [3.63, 3.8) is 0 Å². The van der Waals surface area contributed by atoms with Gasteiger partial charge in [-0.2, -0.15) is 0 Å². The molecule has 0 aliphatic carbocycles. The van der Waals surface area contributed by atoms with Gasteiger partial charge in [-0.05, 0) is 29.8 Å². The van der Waals surface area contributed by atoms with Crippen molar-refractivity contribution in [2.75, 3.05) is 19.0 Å². The zero-order valence-corrected chi connectivity index (χ0v) is 14.4. The smallest absolute Gasteiger partial charge is 0.193 e. The minimum atomic E-state index is -0.161. The number of hydrogen-bond acceptors (Lipinski definition) is 2. The first-order valence-corrected chi connectivity index (χ1v) is 7.75. The molecule has 0 saturated carbocycles. The molecule has 3 N–H and O–H groups in total. The van der Waals surface area contributed by atoms with E-state index >= 15 is 0 Å². The van der Waals surface area contributed by atoms with E-state index in [2.05, 4.69) is 24.2 Å². The molecule has 4 nitrogen and oxygen atoms in total.